The number of halogens is 3. The second kappa shape index (κ2) is 6.57. The van der Waals surface area contributed by atoms with Crippen LogP contribution in [0.25, 0.3) is 0 Å². The van der Waals surface area contributed by atoms with Crippen LogP contribution in [0.4, 0.5) is 18.0 Å². The molecule has 30 heavy (non-hydrogen) atoms. The van der Waals surface area contributed by atoms with Crippen molar-refractivity contribution in [2.24, 2.45) is 11.3 Å². The molecule has 4 heterocycles. The van der Waals surface area contributed by atoms with E-state index in [9.17, 15) is 22.8 Å². The first-order valence-corrected chi connectivity index (χ1v) is 10.1. The van der Waals surface area contributed by atoms with E-state index in [-0.39, 0.29) is 24.0 Å². The molecule has 4 aliphatic rings. The lowest BCUT2D eigenvalue weighted by atomic mass is 9.56. The Morgan fingerprint density at radius 2 is 1.90 bits per heavy atom. The van der Waals surface area contributed by atoms with Crippen LogP contribution in [0, 0.1) is 11.3 Å². The summed E-state index contributed by atoms with van der Waals surface area (Å²) in [5.74, 6) is 0.183. The second-order valence-corrected chi connectivity index (χ2v) is 9.37. The molecule has 3 amide bonds. The Morgan fingerprint density at radius 1 is 1.20 bits per heavy atom. The van der Waals surface area contributed by atoms with E-state index in [4.69, 9.17) is 4.74 Å². The Morgan fingerprint density at radius 3 is 2.57 bits per heavy atom. The van der Waals surface area contributed by atoms with E-state index in [1.807, 2.05) is 4.90 Å². The maximum Gasteiger partial charge on any atom is 0.417 e. The van der Waals surface area contributed by atoms with Crippen LogP contribution in [0.3, 0.4) is 0 Å². The van der Waals surface area contributed by atoms with Crippen molar-refractivity contribution in [3.8, 4) is 0 Å². The third-order valence-electron chi connectivity index (χ3n) is 6.69. The Kier molecular flexibility index (Phi) is 4.29. The number of carbonyl (C=O) groups is 2. The molecule has 3 aliphatic heterocycles. The summed E-state index contributed by atoms with van der Waals surface area (Å²) in [6, 6.07) is 1.17. The molecule has 1 aliphatic carbocycles. The van der Waals surface area contributed by atoms with Crippen molar-refractivity contribution in [1.82, 2.24) is 20.1 Å². The maximum absolute atomic E-state index is 12.8. The number of amides is 3. The summed E-state index contributed by atoms with van der Waals surface area (Å²) in [5, 5.41) is 2.92. The zero-order valence-corrected chi connectivity index (χ0v) is 16.4. The van der Waals surface area contributed by atoms with Crippen LogP contribution in [-0.4, -0.2) is 71.7 Å². The third-order valence-corrected chi connectivity index (χ3v) is 6.69. The molecule has 2 spiro atoms. The number of alkyl halides is 3. The predicted octanol–water partition coefficient (Wildman–Crippen LogP) is 1.68. The smallest absolute Gasteiger partial charge is 0.369 e. The molecule has 0 bridgehead atoms. The number of morpholine rings is 1. The van der Waals surface area contributed by atoms with E-state index in [2.05, 4.69) is 10.3 Å². The molecule has 3 saturated heterocycles. The predicted molar refractivity (Wildman–Crippen MR) is 98.3 cm³/mol. The maximum atomic E-state index is 12.8. The molecule has 1 N–H and O–H groups in total. The van der Waals surface area contributed by atoms with Gasteiger partial charge in [0.2, 0.25) is 5.91 Å². The van der Waals surface area contributed by atoms with Crippen molar-refractivity contribution in [3.05, 3.63) is 29.6 Å². The van der Waals surface area contributed by atoms with Crippen LogP contribution >= 0.6 is 0 Å². The monoisotopic (exact) mass is 424 g/mol. The minimum atomic E-state index is -4.37. The van der Waals surface area contributed by atoms with Gasteiger partial charge in [-0.25, -0.2) is 4.79 Å². The molecule has 7 nitrogen and oxygen atoms in total. The molecule has 162 valence electrons. The first-order valence-electron chi connectivity index (χ1n) is 10.1. The van der Waals surface area contributed by atoms with Crippen molar-refractivity contribution >= 4 is 11.9 Å². The summed E-state index contributed by atoms with van der Waals surface area (Å²) in [4.78, 5) is 31.4. The van der Waals surface area contributed by atoms with Crippen molar-refractivity contribution in [3.63, 3.8) is 0 Å². The van der Waals surface area contributed by atoms with Crippen LogP contribution in [0.2, 0.25) is 0 Å². The standard InChI is InChI=1S/C20H23F3N4O3/c21-20(22,23)15-2-13(5-24-6-15)1-14-3-18(4-14)8-26(9-18)17(29)27-10-19(11-27)12-30-7-16(28)25-19/h2,5-6,14H,1,3-4,7-12H2,(H,25,28). The lowest BCUT2D eigenvalue weighted by molar-refractivity contribution is -0.142. The minimum Gasteiger partial charge on any atom is -0.369 e. The van der Waals surface area contributed by atoms with Gasteiger partial charge in [0.25, 0.3) is 0 Å². The summed E-state index contributed by atoms with van der Waals surface area (Å²) in [5.41, 5.74) is -0.422. The van der Waals surface area contributed by atoms with Gasteiger partial charge in [-0.2, -0.15) is 13.2 Å². The fourth-order valence-corrected chi connectivity index (χ4v) is 5.45. The molecule has 1 saturated carbocycles. The van der Waals surface area contributed by atoms with E-state index in [1.165, 1.54) is 12.3 Å². The van der Waals surface area contributed by atoms with Gasteiger partial charge in [0, 0.05) is 44.0 Å². The number of rotatable bonds is 2. The summed E-state index contributed by atoms with van der Waals surface area (Å²) < 4.78 is 43.8. The molecule has 10 heteroatoms. The normalized spacial score (nSPS) is 24.8. The van der Waals surface area contributed by atoms with Gasteiger partial charge in [-0.1, -0.05) is 0 Å². The first kappa shape index (κ1) is 19.6. The lowest BCUT2D eigenvalue weighted by Crippen LogP contribution is -2.78. The van der Waals surface area contributed by atoms with Crippen LogP contribution in [-0.2, 0) is 22.1 Å². The van der Waals surface area contributed by atoms with E-state index in [1.54, 1.807) is 4.90 Å². The molecule has 1 aromatic rings. The van der Waals surface area contributed by atoms with Gasteiger partial charge in [0.15, 0.2) is 0 Å². The number of likely N-dealkylation sites (tertiary alicyclic amines) is 2. The van der Waals surface area contributed by atoms with Gasteiger partial charge in [-0.05, 0) is 36.8 Å². The first-order chi connectivity index (χ1) is 14.2. The van der Waals surface area contributed by atoms with Gasteiger partial charge in [-0.3, -0.25) is 9.78 Å². The fourth-order valence-electron chi connectivity index (χ4n) is 5.45. The SMILES string of the molecule is O=C1COCC2(CN(C(=O)N3CC4(CC(Cc5cncc(C(F)(F)F)c5)C4)C3)C2)N1. The summed E-state index contributed by atoms with van der Waals surface area (Å²) in [6.07, 6.45) is 0.402. The number of nitrogens with one attached hydrogen (secondary N) is 1. The number of pyridine rings is 1. The number of nitrogens with zero attached hydrogens (tertiary/aromatic N) is 3. The Bertz CT molecular complexity index is 870. The molecule has 5 rings (SSSR count). The highest BCUT2D eigenvalue weighted by Crippen LogP contribution is 2.53. The average Bonchev–Trinajstić information content (AvgIpc) is 2.59. The number of aromatic nitrogens is 1. The largest absolute Gasteiger partial charge is 0.417 e. The molecule has 0 aromatic carbocycles. The Balaban J connectivity index is 1.08. The summed E-state index contributed by atoms with van der Waals surface area (Å²) in [7, 11) is 0. The molecule has 0 unspecified atom stereocenters. The third kappa shape index (κ3) is 3.40. The van der Waals surface area contributed by atoms with Crippen LogP contribution in [0.15, 0.2) is 18.5 Å². The zero-order chi connectivity index (χ0) is 21.1. The van der Waals surface area contributed by atoms with Gasteiger partial charge >= 0.3 is 12.2 Å². The molecular formula is C20H23F3N4O3. The van der Waals surface area contributed by atoms with E-state index >= 15 is 0 Å². The summed E-state index contributed by atoms with van der Waals surface area (Å²) >= 11 is 0. The Hall–Kier alpha value is -2.36. The van der Waals surface area contributed by atoms with E-state index in [0.717, 1.165) is 19.0 Å². The van der Waals surface area contributed by atoms with Crippen molar-refractivity contribution in [1.29, 1.82) is 0 Å². The molecular weight excluding hydrogens is 401 g/mol. The van der Waals surface area contributed by atoms with Crippen LogP contribution in [0.5, 0.6) is 0 Å². The van der Waals surface area contributed by atoms with E-state index < -0.39 is 17.3 Å². The van der Waals surface area contributed by atoms with Gasteiger partial charge in [0.05, 0.1) is 17.7 Å². The van der Waals surface area contributed by atoms with Crippen molar-refractivity contribution in [2.45, 2.75) is 31.0 Å². The molecule has 1 aromatic heterocycles. The number of hydrogen-bond acceptors (Lipinski definition) is 4. The zero-order valence-electron chi connectivity index (χ0n) is 16.4. The number of ether oxygens (including phenoxy) is 1. The van der Waals surface area contributed by atoms with Gasteiger partial charge in [-0.15, -0.1) is 0 Å². The molecule has 0 radical (unpaired) electrons. The van der Waals surface area contributed by atoms with Crippen molar-refractivity contribution < 1.29 is 27.5 Å². The summed E-state index contributed by atoms with van der Waals surface area (Å²) in [6.45, 7) is 2.81. The van der Waals surface area contributed by atoms with Gasteiger partial charge in [0.1, 0.15) is 6.61 Å². The topological polar surface area (TPSA) is 74.8 Å². The highest BCUT2D eigenvalue weighted by atomic mass is 19.4. The van der Waals surface area contributed by atoms with E-state index in [0.29, 0.717) is 50.7 Å². The van der Waals surface area contributed by atoms with Gasteiger partial charge < -0.3 is 19.9 Å². The van der Waals surface area contributed by atoms with Crippen LogP contribution < -0.4 is 5.32 Å². The average molecular weight is 424 g/mol. The number of hydrogen-bond donors (Lipinski definition) is 1. The number of carbonyl (C=O) groups excluding carboxylic acids is 2. The fraction of sp³-hybridized carbons (Fsp3) is 0.650. The molecule has 4 fully saturated rings. The van der Waals surface area contributed by atoms with Crippen molar-refractivity contribution in [2.75, 3.05) is 39.4 Å². The highest BCUT2D eigenvalue weighted by molar-refractivity contribution is 5.81. The Labute approximate surface area is 171 Å². The lowest BCUT2D eigenvalue weighted by Gasteiger charge is -2.61. The highest BCUT2D eigenvalue weighted by Gasteiger charge is 2.56. The second-order valence-electron chi connectivity index (χ2n) is 9.37. The van der Waals surface area contributed by atoms with Crippen LogP contribution in [0.1, 0.15) is 24.0 Å². The quantitative estimate of drug-likeness (QED) is 0.784. The number of urea groups is 1. The minimum absolute atomic E-state index is 0.0170. The molecule has 0 atom stereocenters.